The van der Waals surface area contributed by atoms with Crippen LogP contribution in [0.25, 0.3) is 0 Å². The van der Waals surface area contributed by atoms with Gasteiger partial charge in [0.1, 0.15) is 0 Å². The first kappa shape index (κ1) is 37.0. The van der Waals surface area contributed by atoms with Crippen molar-refractivity contribution in [3.8, 4) is 0 Å². The van der Waals surface area contributed by atoms with Crippen LogP contribution in [0.1, 0.15) is 113 Å². The molecule has 2 aliphatic carbocycles. The van der Waals surface area contributed by atoms with E-state index in [1.807, 2.05) is 14.0 Å². The van der Waals surface area contributed by atoms with E-state index in [2.05, 4.69) is 82.2 Å². The average molecular weight is 617 g/mol. The number of aliphatic hydroxyl groups is 1. The molecule has 3 rings (SSSR count). The van der Waals surface area contributed by atoms with Crippen molar-refractivity contribution in [1.29, 1.82) is 0 Å². The van der Waals surface area contributed by atoms with Crippen LogP contribution in [0.4, 0.5) is 0 Å². The zero-order valence-corrected chi connectivity index (χ0v) is 30.1. The fraction of sp³-hybridized carbons (Fsp3) is 0.650. The van der Waals surface area contributed by atoms with Crippen molar-refractivity contribution in [2.75, 3.05) is 39.8 Å². The standard InChI is InChI=1S/C40H64N4O/c1-10-30(5)40(42-39(28-32(7)35-16-13-17-35)38(41-9)27-31(6)29(3)4)33(8)26-36(11-2)43-22-19-37(20-23-43)44(24-25-45)21-18-34-14-12-15-34/h11,26-28,30,34,37,45H,3,10,12-25H2,1-2,4-9H3/b31-27+,33-26-,36-11+,39-28-,41-38+,42-40+. The Labute approximate surface area is 276 Å². The van der Waals surface area contributed by atoms with E-state index in [1.54, 1.807) is 0 Å². The zero-order valence-electron chi connectivity index (χ0n) is 30.1. The molecule has 1 heterocycles. The summed E-state index contributed by atoms with van der Waals surface area (Å²) in [4.78, 5) is 15.3. The van der Waals surface area contributed by atoms with Crippen molar-refractivity contribution in [1.82, 2.24) is 9.80 Å². The molecule has 1 N–H and O–H groups in total. The molecule has 0 spiro atoms. The number of piperidine rings is 1. The van der Waals surface area contributed by atoms with Crippen LogP contribution in [0.3, 0.4) is 0 Å². The van der Waals surface area contributed by atoms with Gasteiger partial charge < -0.3 is 10.0 Å². The number of likely N-dealkylation sites (tertiary alicyclic amines) is 1. The summed E-state index contributed by atoms with van der Waals surface area (Å²) < 4.78 is 0. The summed E-state index contributed by atoms with van der Waals surface area (Å²) in [5, 5.41) is 9.77. The predicted molar refractivity (Wildman–Crippen MR) is 196 cm³/mol. The smallest absolute Gasteiger partial charge is 0.0887 e. The number of hydrogen-bond donors (Lipinski definition) is 1. The fourth-order valence-electron chi connectivity index (χ4n) is 6.59. The molecule has 1 saturated heterocycles. The molecule has 1 aliphatic heterocycles. The molecule has 0 aromatic heterocycles. The van der Waals surface area contributed by atoms with Crippen LogP contribution in [0.5, 0.6) is 0 Å². The Kier molecular flexibility index (Phi) is 15.3. The van der Waals surface area contributed by atoms with Gasteiger partial charge in [-0.05, 0) is 133 Å². The topological polar surface area (TPSA) is 51.4 Å². The minimum absolute atomic E-state index is 0.255. The van der Waals surface area contributed by atoms with Gasteiger partial charge in [0, 0.05) is 44.1 Å². The van der Waals surface area contributed by atoms with Gasteiger partial charge in [0.05, 0.1) is 18.0 Å². The number of hydrogen-bond acceptors (Lipinski definition) is 5. The third kappa shape index (κ3) is 10.8. The van der Waals surface area contributed by atoms with Crippen LogP contribution in [0.15, 0.2) is 80.1 Å². The molecule has 0 amide bonds. The monoisotopic (exact) mass is 617 g/mol. The molecule has 250 valence electrons. The second-order valence-electron chi connectivity index (χ2n) is 13.8. The largest absolute Gasteiger partial charge is 0.395 e. The third-order valence-corrected chi connectivity index (χ3v) is 10.6. The van der Waals surface area contributed by atoms with Crippen molar-refractivity contribution in [3.63, 3.8) is 0 Å². The number of aliphatic imine (C=N–C) groups is 2. The first-order valence-corrected chi connectivity index (χ1v) is 17.9. The molecule has 0 radical (unpaired) electrons. The summed E-state index contributed by atoms with van der Waals surface area (Å²) in [7, 11) is 1.87. The minimum atomic E-state index is 0.255. The van der Waals surface area contributed by atoms with E-state index in [0.717, 1.165) is 79.6 Å². The highest BCUT2D eigenvalue weighted by molar-refractivity contribution is 6.12. The van der Waals surface area contributed by atoms with Gasteiger partial charge >= 0.3 is 0 Å². The van der Waals surface area contributed by atoms with Gasteiger partial charge in [-0.15, -0.1) is 0 Å². The first-order chi connectivity index (χ1) is 21.6. The fourth-order valence-corrected chi connectivity index (χ4v) is 6.59. The van der Waals surface area contributed by atoms with Gasteiger partial charge in [-0.3, -0.25) is 14.9 Å². The van der Waals surface area contributed by atoms with E-state index in [1.165, 1.54) is 67.4 Å². The highest BCUT2D eigenvalue weighted by Gasteiger charge is 2.27. The summed E-state index contributed by atoms with van der Waals surface area (Å²) >= 11 is 0. The second kappa shape index (κ2) is 18.6. The lowest BCUT2D eigenvalue weighted by atomic mass is 9.83. The lowest BCUT2D eigenvalue weighted by Gasteiger charge is -2.40. The summed E-state index contributed by atoms with van der Waals surface area (Å²) in [6, 6.07) is 0.567. The zero-order chi connectivity index (χ0) is 32.9. The number of aliphatic hydroxyl groups excluding tert-OH is 1. The van der Waals surface area contributed by atoms with Gasteiger partial charge in [0.2, 0.25) is 0 Å². The molecule has 0 bridgehead atoms. The molecule has 3 fully saturated rings. The molecule has 0 aromatic carbocycles. The van der Waals surface area contributed by atoms with Gasteiger partial charge in [0.25, 0.3) is 0 Å². The summed E-state index contributed by atoms with van der Waals surface area (Å²) in [6.45, 7) is 23.8. The van der Waals surface area contributed by atoms with E-state index in [9.17, 15) is 5.11 Å². The Balaban J connectivity index is 1.86. The normalized spacial score (nSPS) is 20.8. The maximum Gasteiger partial charge on any atom is 0.0887 e. The van der Waals surface area contributed by atoms with Crippen molar-refractivity contribution in [3.05, 3.63) is 70.1 Å². The predicted octanol–water partition coefficient (Wildman–Crippen LogP) is 9.25. The Bertz CT molecular complexity index is 1210. The molecule has 45 heavy (non-hydrogen) atoms. The van der Waals surface area contributed by atoms with Gasteiger partial charge in [-0.25, -0.2) is 0 Å². The highest BCUT2D eigenvalue weighted by Crippen LogP contribution is 2.32. The van der Waals surface area contributed by atoms with Crippen LogP contribution < -0.4 is 0 Å². The molecular formula is C40H64N4O. The van der Waals surface area contributed by atoms with E-state index >= 15 is 0 Å². The Morgan fingerprint density at radius 2 is 1.69 bits per heavy atom. The average Bonchev–Trinajstić information content (AvgIpc) is 2.98. The van der Waals surface area contributed by atoms with Crippen molar-refractivity contribution >= 4 is 11.4 Å². The summed E-state index contributed by atoms with van der Waals surface area (Å²) in [5.74, 6) is 1.23. The van der Waals surface area contributed by atoms with Crippen molar-refractivity contribution in [2.45, 2.75) is 119 Å². The Morgan fingerprint density at radius 3 is 2.18 bits per heavy atom. The minimum Gasteiger partial charge on any atom is -0.395 e. The third-order valence-electron chi connectivity index (χ3n) is 10.6. The van der Waals surface area contributed by atoms with Crippen LogP contribution >= 0.6 is 0 Å². The van der Waals surface area contributed by atoms with Crippen LogP contribution in [0, 0.1) is 11.8 Å². The maximum atomic E-state index is 9.77. The molecule has 5 heteroatoms. The molecule has 2 saturated carbocycles. The SMILES string of the molecule is C=C(C)/C(C)=C/C(=N\C)C(=C/C(C)=C1CCC1)/N=C(/C(C)=C\C(=C/C)N1CCC(N(CCO)CCC2CCC2)CC1)C(C)CC. The van der Waals surface area contributed by atoms with Gasteiger partial charge in [-0.1, -0.05) is 56.9 Å². The Hall–Kier alpha value is -2.50. The van der Waals surface area contributed by atoms with Gasteiger partial charge in [-0.2, -0.15) is 0 Å². The highest BCUT2D eigenvalue weighted by atomic mass is 16.3. The molecule has 3 aliphatic rings. The quantitative estimate of drug-likeness (QED) is 0.139. The van der Waals surface area contributed by atoms with Crippen LogP contribution in [-0.4, -0.2) is 72.2 Å². The van der Waals surface area contributed by atoms with Crippen LogP contribution in [0.2, 0.25) is 0 Å². The number of rotatable bonds is 16. The summed E-state index contributed by atoms with van der Waals surface area (Å²) in [5.41, 5.74) is 10.5. The maximum absolute atomic E-state index is 9.77. The molecule has 5 nitrogen and oxygen atoms in total. The lowest BCUT2D eigenvalue weighted by molar-refractivity contribution is 0.0921. The van der Waals surface area contributed by atoms with Crippen molar-refractivity contribution in [2.24, 2.45) is 21.8 Å². The van der Waals surface area contributed by atoms with Crippen molar-refractivity contribution < 1.29 is 5.11 Å². The van der Waals surface area contributed by atoms with E-state index in [-0.39, 0.29) is 6.61 Å². The Morgan fingerprint density at radius 1 is 1.00 bits per heavy atom. The van der Waals surface area contributed by atoms with E-state index in [4.69, 9.17) is 9.98 Å². The first-order valence-electron chi connectivity index (χ1n) is 17.9. The van der Waals surface area contributed by atoms with Crippen LogP contribution in [-0.2, 0) is 0 Å². The van der Waals surface area contributed by atoms with E-state index in [0.29, 0.717) is 12.0 Å². The van der Waals surface area contributed by atoms with E-state index < -0.39 is 0 Å². The molecule has 1 atom stereocenters. The lowest BCUT2D eigenvalue weighted by Crippen LogP contribution is -2.46. The molecule has 0 aromatic rings. The molecule has 1 unspecified atom stereocenters. The number of allylic oxidation sites excluding steroid dienone is 9. The van der Waals surface area contributed by atoms with Gasteiger partial charge in [0.15, 0.2) is 0 Å². The molecular weight excluding hydrogens is 552 g/mol. The summed E-state index contributed by atoms with van der Waals surface area (Å²) in [6.07, 6.45) is 21.5. The number of nitrogens with zero attached hydrogens (tertiary/aromatic N) is 4. The second-order valence-corrected chi connectivity index (χ2v) is 13.8.